The Hall–Kier alpha value is -3.00. The average Bonchev–Trinajstić information content (AvgIpc) is 3.18. The third kappa shape index (κ3) is 4.64. The fraction of sp³-hybridized carbons (Fsp3) is 0.300. The number of carbonyl (C=O) groups excluding carboxylic acids is 2. The van der Waals surface area contributed by atoms with Gasteiger partial charge in [-0.05, 0) is 38.0 Å². The monoisotopic (exact) mass is 397 g/mol. The van der Waals surface area contributed by atoms with Gasteiger partial charge in [0.1, 0.15) is 0 Å². The first-order valence-corrected chi connectivity index (χ1v) is 9.84. The lowest BCUT2D eigenvalue weighted by molar-refractivity contribution is -0.116. The molecule has 8 heteroatoms. The number of thiazole rings is 1. The van der Waals surface area contributed by atoms with E-state index in [4.69, 9.17) is 0 Å². The van der Waals surface area contributed by atoms with Crippen LogP contribution in [-0.2, 0) is 23.1 Å². The number of amides is 2. The summed E-state index contributed by atoms with van der Waals surface area (Å²) in [5.41, 5.74) is 5.62. The summed E-state index contributed by atoms with van der Waals surface area (Å²) in [4.78, 5) is 27.9. The molecule has 0 aliphatic rings. The minimum Gasteiger partial charge on any atom is -0.326 e. The van der Waals surface area contributed by atoms with Gasteiger partial charge in [0.2, 0.25) is 11.8 Å². The topological polar surface area (TPSA) is 88.9 Å². The first kappa shape index (κ1) is 19.8. The molecule has 2 amide bonds. The molecule has 0 unspecified atom stereocenters. The van der Waals surface area contributed by atoms with Crippen molar-refractivity contribution in [1.82, 2.24) is 14.8 Å². The van der Waals surface area contributed by atoms with E-state index in [1.807, 2.05) is 55.2 Å². The van der Waals surface area contributed by atoms with E-state index < -0.39 is 0 Å². The minimum atomic E-state index is -0.108. The maximum absolute atomic E-state index is 12.3. The largest absolute Gasteiger partial charge is 0.326 e. The lowest BCUT2D eigenvalue weighted by atomic mass is 10.1. The Morgan fingerprint density at radius 3 is 2.46 bits per heavy atom. The molecular weight excluding hydrogens is 374 g/mol. The SMILES string of the molecule is CC(=O)Nc1ccc(-c2csc(NC(=O)CCc3c(C)nn(C)c3C)n2)cc1. The number of aryl methyl sites for hydroxylation is 2. The van der Waals surface area contributed by atoms with Gasteiger partial charge in [-0.1, -0.05) is 12.1 Å². The number of rotatable bonds is 6. The Morgan fingerprint density at radius 2 is 1.86 bits per heavy atom. The molecule has 0 radical (unpaired) electrons. The Balaban J connectivity index is 1.59. The Labute approximate surface area is 167 Å². The normalized spacial score (nSPS) is 10.7. The number of carbonyl (C=O) groups is 2. The van der Waals surface area contributed by atoms with E-state index >= 15 is 0 Å². The molecule has 3 aromatic rings. The van der Waals surface area contributed by atoms with Gasteiger partial charge < -0.3 is 10.6 Å². The van der Waals surface area contributed by atoms with Crippen LogP contribution >= 0.6 is 11.3 Å². The van der Waals surface area contributed by atoms with Crippen molar-refractivity contribution in [3.63, 3.8) is 0 Å². The van der Waals surface area contributed by atoms with E-state index in [0.29, 0.717) is 18.0 Å². The molecule has 7 nitrogen and oxygen atoms in total. The highest BCUT2D eigenvalue weighted by atomic mass is 32.1. The van der Waals surface area contributed by atoms with E-state index in [9.17, 15) is 9.59 Å². The third-order valence-corrected chi connectivity index (χ3v) is 5.27. The van der Waals surface area contributed by atoms with Crippen LogP contribution in [0.2, 0.25) is 0 Å². The molecule has 0 saturated carbocycles. The molecule has 0 atom stereocenters. The van der Waals surface area contributed by atoms with Crippen molar-refractivity contribution >= 4 is 34.0 Å². The Kier molecular flexibility index (Phi) is 5.89. The van der Waals surface area contributed by atoms with Crippen LogP contribution in [0.15, 0.2) is 29.6 Å². The van der Waals surface area contributed by atoms with Gasteiger partial charge >= 0.3 is 0 Å². The second kappa shape index (κ2) is 8.35. The lowest BCUT2D eigenvalue weighted by Crippen LogP contribution is -2.12. The van der Waals surface area contributed by atoms with Gasteiger partial charge in [0.05, 0.1) is 11.4 Å². The van der Waals surface area contributed by atoms with Gasteiger partial charge in [-0.25, -0.2) is 4.98 Å². The summed E-state index contributed by atoms with van der Waals surface area (Å²) < 4.78 is 1.84. The van der Waals surface area contributed by atoms with Gasteiger partial charge in [0, 0.05) is 42.7 Å². The van der Waals surface area contributed by atoms with Gasteiger partial charge in [0.15, 0.2) is 5.13 Å². The van der Waals surface area contributed by atoms with Crippen LogP contribution in [0.5, 0.6) is 0 Å². The molecule has 0 aliphatic heterocycles. The highest BCUT2D eigenvalue weighted by Crippen LogP contribution is 2.26. The molecule has 0 aliphatic carbocycles. The van der Waals surface area contributed by atoms with Crippen LogP contribution in [0, 0.1) is 13.8 Å². The summed E-state index contributed by atoms with van der Waals surface area (Å²) in [6, 6.07) is 7.43. The minimum absolute atomic E-state index is 0.0652. The zero-order valence-corrected chi connectivity index (χ0v) is 17.2. The number of hydrogen-bond donors (Lipinski definition) is 2. The smallest absolute Gasteiger partial charge is 0.226 e. The maximum Gasteiger partial charge on any atom is 0.226 e. The van der Waals surface area contributed by atoms with E-state index in [-0.39, 0.29) is 11.8 Å². The molecule has 0 bridgehead atoms. The number of aromatic nitrogens is 3. The Morgan fingerprint density at radius 1 is 1.14 bits per heavy atom. The summed E-state index contributed by atoms with van der Waals surface area (Å²) in [6.07, 6.45) is 1.04. The number of anilines is 2. The van der Waals surface area contributed by atoms with Crippen LogP contribution in [-0.4, -0.2) is 26.6 Å². The molecule has 146 valence electrons. The predicted octanol–water partition coefficient (Wildman–Crippen LogP) is 3.69. The molecule has 2 heterocycles. The first-order chi connectivity index (χ1) is 13.3. The summed E-state index contributed by atoms with van der Waals surface area (Å²) in [5, 5.41) is 12.5. The van der Waals surface area contributed by atoms with Crippen LogP contribution in [0.4, 0.5) is 10.8 Å². The van der Waals surface area contributed by atoms with Crippen molar-refractivity contribution in [3.05, 3.63) is 46.6 Å². The summed E-state index contributed by atoms with van der Waals surface area (Å²) in [6.45, 7) is 5.45. The summed E-state index contributed by atoms with van der Waals surface area (Å²) in [7, 11) is 1.91. The molecule has 28 heavy (non-hydrogen) atoms. The molecule has 0 spiro atoms. The van der Waals surface area contributed by atoms with E-state index in [0.717, 1.165) is 33.9 Å². The first-order valence-electron chi connectivity index (χ1n) is 8.96. The van der Waals surface area contributed by atoms with E-state index in [1.165, 1.54) is 18.3 Å². The van der Waals surface area contributed by atoms with Crippen molar-refractivity contribution in [2.45, 2.75) is 33.6 Å². The van der Waals surface area contributed by atoms with E-state index in [1.54, 1.807) is 0 Å². The zero-order valence-electron chi connectivity index (χ0n) is 16.4. The van der Waals surface area contributed by atoms with Crippen LogP contribution in [0.3, 0.4) is 0 Å². The number of nitrogens with zero attached hydrogens (tertiary/aromatic N) is 3. The number of benzene rings is 1. The van der Waals surface area contributed by atoms with Crippen LogP contribution in [0.25, 0.3) is 11.3 Å². The van der Waals surface area contributed by atoms with Crippen molar-refractivity contribution in [3.8, 4) is 11.3 Å². The molecule has 1 aromatic carbocycles. The Bertz CT molecular complexity index is 1000. The quantitative estimate of drug-likeness (QED) is 0.664. The van der Waals surface area contributed by atoms with Gasteiger partial charge in [-0.2, -0.15) is 5.10 Å². The molecule has 2 aromatic heterocycles. The predicted molar refractivity (Wildman–Crippen MR) is 111 cm³/mol. The molecule has 0 fully saturated rings. The van der Waals surface area contributed by atoms with Gasteiger partial charge in [0.25, 0.3) is 0 Å². The van der Waals surface area contributed by atoms with E-state index in [2.05, 4.69) is 20.7 Å². The van der Waals surface area contributed by atoms with Crippen LogP contribution in [0.1, 0.15) is 30.3 Å². The highest BCUT2D eigenvalue weighted by molar-refractivity contribution is 7.14. The number of nitrogens with one attached hydrogen (secondary N) is 2. The zero-order chi connectivity index (χ0) is 20.3. The maximum atomic E-state index is 12.3. The lowest BCUT2D eigenvalue weighted by Gasteiger charge is -2.04. The fourth-order valence-electron chi connectivity index (χ4n) is 2.99. The van der Waals surface area contributed by atoms with Crippen molar-refractivity contribution in [2.24, 2.45) is 7.05 Å². The van der Waals surface area contributed by atoms with Crippen molar-refractivity contribution in [2.75, 3.05) is 10.6 Å². The van der Waals surface area contributed by atoms with Crippen molar-refractivity contribution < 1.29 is 9.59 Å². The second-order valence-corrected chi connectivity index (χ2v) is 7.48. The molecule has 3 rings (SSSR count). The van der Waals surface area contributed by atoms with Crippen LogP contribution < -0.4 is 10.6 Å². The molecule has 0 saturated heterocycles. The fourth-order valence-corrected chi connectivity index (χ4v) is 3.73. The third-order valence-electron chi connectivity index (χ3n) is 4.51. The summed E-state index contributed by atoms with van der Waals surface area (Å²) >= 11 is 1.39. The second-order valence-electron chi connectivity index (χ2n) is 6.62. The molecular formula is C20H23N5O2S. The van der Waals surface area contributed by atoms with Crippen molar-refractivity contribution in [1.29, 1.82) is 0 Å². The average molecular weight is 398 g/mol. The summed E-state index contributed by atoms with van der Waals surface area (Å²) in [5.74, 6) is -0.173. The number of hydrogen-bond acceptors (Lipinski definition) is 5. The standard InChI is InChI=1S/C20H23N5O2S/c1-12-17(13(2)25(4)24-12)9-10-19(27)23-20-22-18(11-28-20)15-5-7-16(8-6-15)21-14(3)26/h5-8,11H,9-10H2,1-4H3,(H,21,26)(H,22,23,27). The van der Waals surface area contributed by atoms with Gasteiger partial charge in [-0.3, -0.25) is 14.3 Å². The highest BCUT2D eigenvalue weighted by Gasteiger charge is 2.13. The van der Waals surface area contributed by atoms with Gasteiger partial charge in [-0.15, -0.1) is 11.3 Å². The molecule has 2 N–H and O–H groups in total.